The van der Waals surface area contributed by atoms with Gasteiger partial charge < -0.3 is 0 Å². The highest BCUT2D eigenvalue weighted by atomic mass is 35.5. The summed E-state index contributed by atoms with van der Waals surface area (Å²) in [5.74, 6) is -2.65. The van der Waals surface area contributed by atoms with Crippen molar-refractivity contribution in [1.82, 2.24) is 0 Å². The number of ketones is 1. The standard InChI is InChI=1S/C15H7Cl3FNO/c16-10-4-2-5-11(17)13(10)9(7-20)15(21)8-3-1-6-12(19)14(8)18/h1-6,9H. The molecule has 1 atom stereocenters. The minimum absolute atomic E-state index is 0.0841. The molecule has 1 unspecified atom stereocenters. The number of benzene rings is 2. The molecule has 0 N–H and O–H groups in total. The second-order valence-electron chi connectivity index (χ2n) is 4.16. The molecule has 0 aliphatic heterocycles. The topological polar surface area (TPSA) is 40.9 Å². The lowest BCUT2D eigenvalue weighted by Crippen LogP contribution is -2.13. The summed E-state index contributed by atoms with van der Waals surface area (Å²) in [6.07, 6.45) is 0. The van der Waals surface area contributed by atoms with Gasteiger partial charge in [0.15, 0.2) is 5.78 Å². The van der Waals surface area contributed by atoms with Crippen LogP contribution in [0.4, 0.5) is 4.39 Å². The zero-order chi connectivity index (χ0) is 15.6. The second-order valence-corrected chi connectivity index (χ2v) is 5.36. The van der Waals surface area contributed by atoms with Crippen molar-refractivity contribution in [3.63, 3.8) is 0 Å². The van der Waals surface area contributed by atoms with Crippen LogP contribution in [-0.4, -0.2) is 5.78 Å². The molecule has 0 aliphatic rings. The number of nitriles is 1. The third-order valence-electron chi connectivity index (χ3n) is 2.90. The molecule has 106 valence electrons. The SMILES string of the molecule is N#CC(C(=O)c1cccc(F)c1Cl)c1c(Cl)cccc1Cl. The Hall–Kier alpha value is -1.60. The average molecular weight is 343 g/mol. The minimum Gasteiger partial charge on any atom is -0.292 e. The third kappa shape index (κ3) is 3.03. The molecule has 0 aromatic heterocycles. The Bertz CT molecular complexity index is 735. The molecule has 0 fully saturated rings. The first-order chi connectivity index (χ1) is 9.97. The highest BCUT2D eigenvalue weighted by Gasteiger charge is 2.28. The lowest BCUT2D eigenvalue weighted by Gasteiger charge is -2.13. The molecule has 2 nitrogen and oxygen atoms in total. The molecule has 0 bridgehead atoms. The van der Waals surface area contributed by atoms with Crippen LogP contribution in [0.5, 0.6) is 0 Å². The lowest BCUT2D eigenvalue weighted by molar-refractivity contribution is 0.0978. The van der Waals surface area contributed by atoms with Gasteiger partial charge in [-0.25, -0.2) is 4.39 Å². The van der Waals surface area contributed by atoms with Crippen molar-refractivity contribution in [2.24, 2.45) is 0 Å². The van der Waals surface area contributed by atoms with Crippen LogP contribution in [0.3, 0.4) is 0 Å². The van der Waals surface area contributed by atoms with Gasteiger partial charge in [-0.2, -0.15) is 5.26 Å². The highest BCUT2D eigenvalue weighted by molar-refractivity contribution is 6.37. The van der Waals surface area contributed by atoms with Gasteiger partial charge >= 0.3 is 0 Å². The van der Waals surface area contributed by atoms with E-state index in [1.807, 2.05) is 6.07 Å². The number of rotatable bonds is 3. The van der Waals surface area contributed by atoms with Crippen molar-refractivity contribution >= 4 is 40.6 Å². The molecule has 21 heavy (non-hydrogen) atoms. The molecule has 0 spiro atoms. The summed E-state index contributed by atoms with van der Waals surface area (Å²) in [5, 5.41) is 9.35. The number of Topliss-reactive ketones (excluding diaryl/α,β-unsaturated/α-hetero) is 1. The monoisotopic (exact) mass is 341 g/mol. The Morgan fingerprint density at radius 1 is 1.10 bits per heavy atom. The fourth-order valence-corrected chi connectivity index (χ4v) is 2.73. The van der Waals surface area contributed by atoms with E-state index in [0.29, 0.717) is 0 Å². The predicted octanol–water partition coefficient (Wildman–Crippen LogP) is 5.28. The summed E-state index contributed by atoms with van der Waals surface area (Å²) in [4.78, 5) is 12.5. The van der Waals surface area contributed by atoms with Gasteiger partial charge in [0.1, 0.15) is 11.7 Å². The van der Waals surface area contributed by atoms with Crippen LogP contribution < -0.4 is 0 Å². The van der Waals surface area contributed by atoms with Crippen LogP contribution in [0.25, 0.3) is 0 Å². The highest BCUT2D eigenvalue weighted by Crippen LogP contribution is 2.34. The third-order valence-corrected chi connectivity index (χ3v) is 3.94. The first-order valence-electron chi connectivity index (χ1n) is 5.79. The molecule has 0 aliphatic carbocycles. The second kappa shape index (κ2) is 6.44. The maximum absolute atomic E-state index is 13.4. The van der Waals surface area contributed by atoms with Crippen molar-refractivity contribution in [1.29, 1.82) is 5.26 Å². The number of carbonyl (C=O) groups is 1. The van der Waals surface area contributed by atoms with E-state index in [2.05, 4.69) is 0 Å². The smallest absolute Gasteiger partial charge is 0.186 e. The molecule has 2 aromatic carbocycles. The van der Waals surface area contributed by atoms with E-state index in [4.69, 9.17) is 34.8 Å². The number of hydrogen-bond donors (Lipinski definition) is 0. The Kier molecular flexibility index (Phi) is 4.84. The van der Waals surface area contributed by atoms with Gasteiger partial charge in [-0.1, -0.05) is 46.9 Å². The van der Waals surface area contributed by atoms with Crippen molar-refractivity contribution in [3.05, 3.63) is 68.4 Å². The van der Waals surface area contributed by atoms with Crippen LogP contribution in [0, 0.1) is 17.1 Å². The largest absolute Gasteiger partial charge is 0.292 e. The average Bonchev–Trinajstić information content (AvgIpc) is 2.45. The van der Waals surface area contributed by atoms with E-state index in [0.717, 1.165) is 6.07 Å². The van der Waals surface area contributed by atoms with E-state index in [9.17, 15) is 14.4 Å². The fourth-order valence-electron chi connectivity index (χ4n) is 1.89. The lowest BCUT2D eigenvalue weighted by atomic mass is 9.91. The summed E-state index contributed by atoms with van der Waals surface area (Å²) >= 11 is 17.8. The van der Waals surface area contributed by atoms with Crippen molar-refractivity contribution < 1.29 is 9.18 Å². The number of hydrogen-bond acceptors (Lipinski definition) is 2. The van der Waals surface area contributed by atoms with Gasteiger partial charge in [-0.15, -0.1) is 0 Å². The van der Waals surface area contributed by atoms with Crippen LogP contribution in [0.15, 0.2) is 36.4 Å². The fraction of sp³-hybridized carbons (Fsp3) is 0.0667. The molecule has 2 rings (SSSR count). The maximum atomic E-state index is 13.4. The van der Waals surface area contributed by atoms with Crippen LogP contribution in [0.1, 0.15) is 21.8 Å². The van der Waals surface area contributed by atoms with Crippen molar-refractivity contribution in [2.45, 2.75) is 5.92 Å². The Labute approximate surface area is 135 Å². The molecule has 0 saturated heterocycles. The van der Waals surface area contributed by atoms with E-state index < -0.39 is 17.5 Å². The zero-order valence-electron chi connectivity index (χ0n) is 10.4. The maximum Gasteiger partial charge on any atom is 0.186 e. The van der Waals surface area contributed by atoms with Gasteiger partial charge in [0.25, 0.3) is 0 Å². The van der Waals surface area contributed by atoms with E-state index in [1.165, 1.54) is 24.3 Å². The number of nitrogens with zero attached hydrogens (tertiary/aromatic N) is 1. The van der Waals surface area contributed by atoms with Gasteiger partial charge in [0.05, 0.1) is 11.1 Å². The molecular weight excluding hydrogens is 336 g/mol. The van der Waals surface area contributed by atoms with E-state index >= 15 is 0 Å². The van der Waals surface area contributed by atoms with Crippen LogP contribution >= 0.6 is 34.8 Å². The Morgan fingerprint density at radius 3 is 2.24 bits per heavy atom. The van der Waals surface area contributed by atoms with Gasteiger partial charge in [-0.05, 0) is 24.3 Å². The molecular formula is C15H7Cl3FNO. The van der Waals surface area contributed by atoms with Crippen LogP contribution in [-0.2, 0) is 0 Å². The molecule has 0 heterocycles. The predicted molar refractivity (Wildman–Crippen MR) is 80.6 cm³/mol. The first-order valence-corrected chi connectivity index (χ1v) is 6.92. The normalized spacial score (nSPS) is 11.8. The van der Waals surface area contributed by atoms with Gasteiger partial charge in [-0.3, -0.25) is 4.79 Å². The van der Waals surface area contributed by atoms with E-state index in [1.54, 1.807) is 6.07 Å². The molecule has 0 radical (unpaired) electrons. The number of halogens is 4. The molecule has 0 saturated carbocycles. The summed E-state index contributed by atoms with van der Waals surface area (Å²) < 4.78 is 13.4. The van der Waals surface area contributed by atoms with Crippen molar-refractivity contribution in [2.75, 3.05) is 0 Å². The minimum atomic E-state index is -1.26. The zero-order valence-corrected chi connectivity index (χ0v) is 12.7. The number of carbonyl (C=O) groups excluding carboxylic acids is 1. The van der Waals surface area contributed by atoms with Crippen molar-refractivity contribution in [3.8, 4) is 6.07 Å². The molecule has 0 amide bonds. The molecule has 6 heteroatoms. The summed E-state index contributed by atoms with van der Waals surface area (Å²) in [5.41, 5.74) is 0.105. The Morgan fingerprint density at radius 2 is 1.67 bits per heavy atom. The van der Waals surface area contributed by atoms with Crippen LogP contribution in [0.2, 0.25) is 15.1 Å². The summed E-state index contributed by atoms with van der Waals surface area (Å²) in [6.45, 7) is 0. The van der Waals surface area contributed by atoms with E-state index in [-0.39, 0.29) is 26.2 Å². The molecule has 2 aromatic rings. The summed E-state index contributed by atoms with van der Waals surface area (Å²) in [6, 6.07) is 10.3. The van der Waals surface area contributed by atoms with Gasteiger partial charge in [0.2, 0.25) is 0 Å². The summed E-state index contributed by atoms with van der Waals surface area (Å²) in [7, 11) is 0. The quantitative estimate of drug-likeness (QED) is 0.712. The first kappa shape index (κ1) is 15.8. The Balaban J connectivity index is 2.55. The van der Waals surface area contributed by atoms with Gasteiger partial charge in [0, 0.05) is 21.2 Å².